The van der Waals surface area contributed by atoms with Crippen LogP contribution in [0.15, 0.2) is 28.4 Å². The molecule has 0 bridgehead atoms. The smallest absolute Gasteiger partial charge is 0.338 e. The Labute approximate surface area is 126 Å². The molecule has 1 aromatic carbocycles. The van der Waals surface area contributed by atoms with Crippen molar-refractivity contribution in [2.45, 2.75) is 31.3 Å². The molecule has 1 aliphatic rings. The lowest BCUT2D eigenvalue weighted by atomic mass is 10.0. The van der Waals surface area contributed by atoms with Gasteiger partial charge in [0.25, 0.3) is 0 Å². The lowest BCUT2D eigenvalue weighted by Crippen LogP contribution is -2.18. The molecule has 114 valence electrons. The third kappa shape index (κ3) is 3.88. The maximum atomic E-state index is 13.3. The van der Waals surface area contributed by atoms with Crippen molar-refractivity contribution < 1.29 is 19.1 Å². The summed E-state index contributed by atoms with van der Waals surface area (Å²) in [6.45, 7) is 0. The van der Waals surface area contributed by atoms with Crippen molar-refractivity contribution in [3.63, 3.8) is 0 Å². The zero-order valence-corrected chi connectivity index (χ0v) is 11.7. The number of benzene rings is 1. The molecule has 1 aliphatic heterocycles. The van der Waals surface area contributed by atoms with Crippen LogP contribution in [0, 0.1) is 18.2 Å². The number of terminal acetylenes is 1. The second-order valence-electron chi connectivity index (χ2n) is 4.93. The van der Waals surface area contributed by atoms with Crippen LogP contribution in [0.2, 0.25) is 0 Å². The molecule has 1 aromatic rings. The molecule has 0 unspecified atom stereocenters. The van der Waals surface area contributed by atoms with E-state index in [1.165, 1.54) is 6.07 Å². The molecule has 0 spiro atoms. The van der Waals surface area contributed by atoms with Crippen LogP contribution in [-0.2, 0) is 4.79 Å². The predicted octanol–water partition coefficient (Wildman–Crippen LogP) is 2.82. The maximum Gasteiger partial charge on any atom is 0.338 e. The molecule has 0 fully saturated rings. The van der Waals surface area contributed by atoms with E-state index in [1.807, 2.05) is 0 Å². The first-order valence-electron chi connectivity index (χ1n) is 6.66. The number of rotatable bonds is 7. The fraction of sp³-hybridized carbons (Fsp3) is 0.333. The number of aromatic carboxylic acids is 1. The highest BCUT2D eigenvalue weighted by Gasteiger charge is 2.39. The van der Waals surface area contributed by atoms with Gasteiger partial charge in [-0.3, -0.25) is 4.79 Å². The fourth-order valence-electron chi connectivity index (χ4n) is 1.97. The number of amides is 1. The van der Waals surface area contributed by atoms with E-state index < -0.39 is 23.0 Å². The molecule has 0 atom stereocenters. The van der Waals surface area contributed by atoms with Crippen LogP contribution >= 0.6 is 0 Å². The van der Waals surface area contributed by atoms with Crippen LogP contribution < -0.4 is 5.32 Å². The number of carbonyl (C=O) groups excluding carboxylic acids is 1. The summed E-state index contributed by atoms with van der Waals surface area (Å²) in [5.41, 5.74) is -0.805. The summed E-state index contributed by atoms with van der Waals surface area (Å²) in [5, 5.41) is 19.2. The molecule has 6 nitrogen and oxygen atoms in total. The van der Waals surface area contributed by atoms with Gasteiger partial charge < -0.3 is 10.4 Å². The molecule has 2 rings (SSSR count). The van der Waals surface area contributed by atoms with Crippen molar-refractivity contribution in [2.75, 3.05) is 5.32 Å². The van der Waals surface area contributed by atoms with Crippen LogP contribution in [0.5, 0.6) is 0 Å². The van der Waals surface area contributed by atoms with Gasteiger partial charge in [0.1, 0.15) is 5.82 Å². The highest BCUT2D eigenvalue weighted by Crippen LogP contribution is 2.37. The minimum absolute atomic E-state index is 0.164. The molecule has 1 heterocycles. The van der Waals surface area contributed by atoms with E-state index in [9.17, 15) is 14.0 Å². The molecule has 0 saturated heterocycles. The third-order valence-electron chi connectivity index (χ3n) is 3.29. The number of carbonyl (C=O) groups is 2. The van der Waals surface area contributed by atoms with E-state index in [1.54, 1.807) is 0 Å². The quantitative estimate of drug-likeness (QED) is 0.759. The molecule has 1 amide bonds. The number of nitrogens with zero attached hydrogens (tertiary/aromatic N) is 2. The Morgan fingerprint density at radius 3 is 2.68 bits per heavy atom. The van der Waals surface area contributed by atoms with Crippen LogP contribution in [0.4, 0.5) is 10.1 Å². The van der Waals surface area contributed by atoms with Crippen molar-refractivity contribution in [3.8, 4) is 12.3 Å². The summed E-state index contributed by atoms with van der Waals surface area (Å²) in [6, 6.07) is 3.38. The van der Waals surface area contributed by atoms with Crippen molar-refractivity contribution in [3.05, 3.63) is 29.6 Å². The Morgan fingerprint density at radius 1 is 1.36 bits per heavy atom. The lowest BCUT2D eigenvalue weighted by Gasteiger charge is -2.09. The van der Waals surface area contributed by atoms with Gasteiger partial charge in [-0.05, 0) is 18.2 Å². The third-order valence-corrected chi connectivity index (χ3v) is 3.29. The van der Waals surface area contributed by atoms with E-state index in [2.05, 4.69) is 21.5 Å². The van der Waals surface area contributed by atoms with Gasteiger partial charge in [0.15, 0.2) is 5.66 Å². The second kappa shape index (κ2) is 6.35. The van der Waals surface area contributed by atoms with Gasteiger partial charge in [-0.1, -0.05) is 0 Å². The highest BCUT2D eigenvalue weighted by atomic mass is 19.1. The number of carboxylic acids is 1. The van der Waals surface area contributed by atoms with Gasteiger partial charge in [0, 0.05) is 31.4 Å². The minimum Gasteiger partial charge on any atom is -0.478 e. The molecule has 0 aliphatic carbocycles. The molecule has 2 N–H and O–H groups in total. The van der Waals surface area contributed by atoms with E-state index in [0.717, 1.165) is 12.1 Å². The Kier molecular flexibility index (Phi) is 4.51. The lowest BCUT2D eigenvalue weighted by molar-refractivity contribution is -0.116. The van der Waals surface area contributed by atoms with Crippen LogP contribution in [0.25, 0.3) is 0 Å². The van der Waals surface area contributed by atoms with Crippen LogP contribution in [0.3, 0.4) is 0 Å². The number of halogens is 1. The molecule has 0 saturated carbocycles. The first kappa shape index (κ1) is 15.6. The van der Waals surface area contributed by atoms with Gasteiger partial charge in [-0.15, -0.1) is 12.3 Å². The molecular formula is C15H14FN3O3. The van der Waals surface area contributed by atoms with Crippen molar-refractivity contribution >= 4 is 17.6 Å². The van der Waals surface area contributed by atoms with Gasteiger partial charge >= 0.3 is 5.97 Å². The second-order valence-corrected chi connectivity index (χ2v) is 4.93. The Morgan fingerprint density at radius 2 is 2.09 bits per heavy atom. The summed E-state index contributed by atoms with van der Waals surface area (Å²) >= 11 is 0. The van der Waals surface area contributed by atoms with E-state index >= 15 is 0 Å². The standard InChI is InChI=1S/C15H14FN3O3/c1-2-3-7-15(18-19-15)8-6-13(20)17-10-4-5-12(16)11(9-10)14(21)22/h1,4-5,9H,3,6-8H2,(H,17,20)(H,21,22). The molecule has 22 heavy (non-hydrogen) atoms. The van der Waals surface area contributed by atoms with Crippen LogP contribution in [-0.4, -0.2) is 22.6 Å². The summed E-state index contributed by atoms with van der Waals surface area (Å²) in [5.74, 6) is -0.0612. The van der Waals surface area contributed by atoms with Crippen molar-refractivity contribution in [1.29, 1.82) is 0 Å². The summed E-state index contributed by atoms with van der Waals surface area (Å²) in [7, 11) is 0. The molecule has 0 aromatic heterocycles. The van der Waals surface area contributed by atoms with E-state index in [0.29, 0.717) is 19.3 Å². The number of nitrogens with one attached hydrogen (secondary N) is 1. The first-order valence-corrected chi connectivity index (χ1v) is 6.66. The SMILES string of the molecule is C#CCCC1(CCC(=O)Nc2ccc(F)c(C(=O)O)c2)N=N1. The first-order chi connectivity index (χ1) is 10.5. The highest BCUT2D eigenvalue weighted by molar-refractivity contribution is 5.94. The summed E-state index contributed by atoms with van der Waals surface area (Å²) < 4.78 is 13.3. The van der Waals surface area contributed by atoms with Crippen LogP contribution in [0.1, 0.15) is 36.0 Å². The normalized spacial score (nSPS) is 14.2. The zero-order valence-electron chi connectivity index (χ0n) is 11.7. The van der Waals surface area contributed by atoms with Crippen molar-refractivity contribution in [1.82, 2.24) is 0 Å². The topological polar surface area (TPSA) is 91.1 Å². The average Bonchev–Trinajstić information content (AvgIpc) is 3.25. The minimum atomic E-state index is -1.39. The number of hydrogen-bond acceptors (Lipinski definition) is 4. The van der Waals surface area contributed by atoms with Gasteiger partial charge in [-0.25, -0.2) is 9.18 Å². The number of carboxylic acid groups (broad SMARTS) is 1. The van der Waals surface area contributed by atoms with Gasteiger partial charge in [0.2, 0.25) is 5.91 Å². The predicted molar refractivity (Wildman–Crippen MR) is 76.9 cm³/mol. The average molecular weight is 303 g/mol. The molecule has 7 heteroatoms. The molecule has 0 radical (unpaired) electrons. The number of anilines is 1. The van der Waals surface area contributed by atoms with E-state index in [4.69, 9.17) is 11.5 Å². The zero-order chi connectivity index (χ0) is 16.2. The monoisotopic (exact) mass is 303 g/mol. The Hall–Kier alpha value is -2.75. The number of hydrogen-bond donors (Lipinski definition) is 2. The Balaban J connectivity index is 1.89. The Bertz CT molecular complexity index is 673. The van der Waals surface area contributed by atoms with Gasteiger partial charge in [0.05, 0.1) is 5.56 Å². The van der Waals surface area contributed by atoms with E-state index in [-0.39, 0.29) is 18.0 Å². The maximum absolute atomic E-state index is 13.3. The fourth-order valence-corrected chi connectivity index (χ4v) is 1.97. The molecular weight excluding hydrogens is 289 g/mol. The summed E-state index contributed by atoms with van der Waals surface area (Å²) in [6.07, 6.45) is 6.93. The van der Waals surface area contributed by atoms with Crippen molar-refractivity contribution in [2.24, 2.45) is 10.2 Å². The summed E-state index contributed by atoms with van der Waals surface area (Å²) in [4.78, 5) is 22.7. The largest absolute Gasteiger partial charge is 0.478 e. The van der Waals surface area contributed by atoms with Gasteiger partial charge in [-0.2, -0.15) is 10.2 Å².